The van der Waals surface area contributed by atoms with Crippen LogP contribution in [0.1, 0.15) is 129 Å². The summed E-state index contributed by atoms with van der Waals surface area (Å²) in [5, 5.41) is 8.91. The van der Waals surface area contributed by atoms with Gasteiger partial charge < -0.3 is 25.2 Å². The second-order valence-electron chi connectivity index (χ2n) is 14.4. The van der Waals surface area contributed by atoms with Crippen LogP contribution in [0.25, 0.3) is 0 Å². The summed E-state index contributed by atoms with van der Waals surface area (Å²) in [6.45, 7) is 3.43. The largest absolute Gasteiger partial charge is 0.480 e. The Balaban J connectivity index is 4.45. The minimum Gasteiger partial charge on any atom is -0.480 e. The number of hydrogen-bond donors (Lipinski definition) is 3. The highest BCUT2D eigenvalue weighted by Gasteiger charge is 2.27. The molecule has 3 atom stereocenters. The normalized spacial score (nSPS) is 15.1. The zero-order valence-electron chi connectivity index (χ0n) is 38.3. The van der Waals surface area contributed by atoms with Crippen LogP contribution in [-0.2, 0) is 32.7 Å². The lowest BCUT2D eigenvalue weighted by atomic mass is 10.2. The zero-order chi connectivity index (χ0) is 46.2. The van der Waals surface area contributed by atoms with Crippen molar-refractivity contribution in [3.05, 3.63) is 146 Å². The van der Waals surface area contributed by atoms with Gasteiger partial charge in [-0.15, -0.1) is 0 Å². The van der Waals surface area contributed by atoms with Crippen LogP contribution in [0.5, 0.6) is 0 Å². The third kappa shape index (κ3) is 45.7. The number of aliphatic carboxylic acids is 1. The second kappa shape index (κ2) is 45.9. The van der Waals surface area contributed by atoms with E-state index in [1.807, 2.05) is 12.2 Å². The zero-order valence-corrected chi connectivity index (χ0v) is 39.2. The minimum atomic E-state index is -4.66. The smallest absolute Gasteiger partial charge is 0.472 e. The maximum atomic E-state index is 12.6. The lowest BCUT2D eigenvalue weighted by Crippen LogP contribution is -2.34. The standard InChI is InChI=1S/C52H80NO9P/c1-3-5-7-9-11-13-15-17-19-21-23-24-25-27-29-31-33-35-37-39-41-43-45-59-46-49(47-60-63(57,58)61-48-50(53)52(55)56)62-51(54)44-42-40-38-36-34-32-30-28-26-22-20-18-16-14-12-10-8-6-4-2/h5-8,11-14,17-20,23-24,26-29,32-35,38,40,49-50H,3-4,9-10,15-16,21-22,25,30-31,36-37,39,41-48,53H2,1-2H3,(H,55,56)(H,57,58)/b7-5-,8-6-,13-11-,14-12-,19-17-,20-18-,24-23-,28-26-,29-27-,34-32-,35-33-,40-38-. The maximum absolute atomic E-state index is 12.6. The van der Waals surface area contributed by atoms with Crippen LogP contribution in [0, 0.1) is 0 Å². The Hall–Kier alpha value is -4.15. The van der Waals surface area contributed by atoms with E-state index in [2.05, 4.69) is 148 Å². The average molecular weight is 894 g/mol. The van der Waals surface area contributed by atoms with E-state index < -0.39 is 45.1 Å². The van der Waals surface area contributed by atoms with Crippen molar-refractivity contribution in [2.24, 2.45) is 5.73 Å². The van der Waals surface area contributed by atoms with Gasteiger partial charge in [-0.1, -0.05) is 166 Å². The monoisotopic (exact) mass is 894 g/mol. The van der Waals surface area contributed by atoms with Gasteiger partial charge in [0.2, 0.25) is 0 Å². The number of phosphoric ester groups is 1. The van der Waals surface area contributed by atoms with Crippen molar-refractivity contribution in [2.45, 2.75) is 142 Å². The molecule has 352 valence electrons. The van der Waals surface area contributed by atoms with E-state index in [4.69, 9.17) is 29.4 Å². The van der Waals surface area contributed by atoms with E-state index in [1.54, 1.807) is 0 Å². The summed E-state index contributed by atoms with van der Waals surface area (Å²) < 4.78 is 33.3. The van der Waals surface area contributed by atoms with Gasteiger partial charge in [-0.3, -0.25) is 18.6 Å². The van der Waals surface area contributed by atoms with Crippen molar-refractivity contribution < 1.29 is 42.7 Å². The molecule has 63 heavy (non-hydrogen) atoms. The number of carbonyl (C=O) groups is 2. The molecule has 0 aromatic rings. The number of rotatable bonds is 41. The SMILES string of the molecule is CC/C=C\C/C=C\C/C=C\C/C=C\C/C=C\C/C=C\CCCCCOCC(COP(=O)(O)OCC(N)C(=O)O)OC(=O)CC/C=C\C/C=C\C/C=C\C/C=C\C/C=C\C/C=C\CC. The highest BCUT2D eigenvalue weighted by atomic mass is 31.2. The fourth-order valence-electron chi connectivity index (χ4n) is 5.16. The van der Waals surface area contributed by atoms with Crippen LogP contribution >= 0.6 is 7.82 Å². The lowest BCUT2D eigenvalue weighted by Gasteiger charge is -2.20. The number of unbranched alkanes of at least 4 members (excludes halogenated alkanes) is 3. The van der Waals surface area contributed by atoms with Crippen molar-refractivity contribution in [1.29, 1.82) is 0 Å². The first-order valence-electron chi connectivity index (χ1n) is 22.9. The van der Waals surface area contributed by atoms with Gasteiger partial charge in [-0.05, 0) is 103 Å². The quantitative estimate of drug-likeness (QED) is 0.0234. The molecule has 0 fully saturated rings. The number of carbonyl (C=O) groups excluding carboxylic acids is 1. The van der Waals surface area contributed by atoms with Gasteiger partial charge in [-0.25, -0.2) is 4.57 Å². The Labute approximate surface area is 380 Å². The molecular formula is C52H80NO9P. The van der Waals surface area contributed by atoms with Gasteiger partial charge in [0.1, 0.15) is 12.1 Å². The van der Waals surface area contributed by atoms with Gasteiger partial charge in [0, 0.05) is 13.0 Å². The molecular weight excluding hydrogens is 814 g/mol. The van der Waals surface area contributed by atoms with E-state index in [9.17, 15) is 19.0 Å². The minimum absolute atomic E-state index is 0.0482. The number of esters is 1. The van der Waals surface area contributed by atoms with Gasteiger partial charge in [0.05, 0.1) is 19.8 Å². The van der Waals surface area contributed by atoms with Crippen LogP contribution < -0.4 is 5.73 Å². The number of allylic oxidation sites excluding steroid dienone is 24. The number of hydrogen-bond acceptors (Lipinski definition) is 8. The predicted octanol–water partition coefficient (Wildman–Crippen LogP) is 13.2. The summed E-state index contributed by atoms with van der Waals surface area (Å²) in [7, 11) is -4.66. The van der Waals surface area contributed by atoms with E-state index in [0.717, 1.165) is 103 Å². The fourth-order valence-corrected chi connectivity index (χ4v) is 5.94. The molecule has 0 heterocycles. The molecule has 0 aliphatic heterocycles. The van der Waals surface area contributed by atoms with Gasteiger partial charge >= 0.3 is 19.8 Å². The van der Waals surface area contributed by atoms with E-state index in [0.29, 0.717) is 13.0 Å². The molecule has 0 aliphatic carbocycles. The Kier molecular flexibility index (Phi) is 42.8. The number of carboxylic acids is 1. The predicted molar refractivity (Wildman–Crippen MR) is 262 cm³/mol. The first-order valence-corrected chi connectivity index (χ1v) is 24.4. The summed E-state index contributed by atoms with van der Waals surface area (Å²) in [5.41, 5.74) is 5.35. The second-order valence-corrected chi connectivity index (χ2v) is 15.9. The number of nitrogens with two attached hydrogens (primary N) is 1. The highest BCUT2D eigenvalue weighted by molar-refractivity contribution is 7.47. The Bertz CT molecular complexity index is 1550. The van der Waals surface area contributed by atoms with Crippen molar-refractivity contribution in [2.75, 3.05) is 26.4 Å². The molecule has 0 spiro atoms. The third-order valence-electron chi connectivity index (χ3n) is 8.63. The molecule has 0 bridgehead atoms. The molecule has 0 aromatic carbocycles. The molecule has 0 aromatic heterocycles. The molecule has 0 radical (unpaired) electrons. The molecule has 0 amide bonds. The van der Waals surface area contributed by atoms with Gasteiger partial charge in [-0.2, -0.15) is 0 Å². The summed E-state index contributed by atoms with van der Waals surface area (Å²) in [6, 6.07) is -1.50. The summed E-state index contributed by atoms with van der Waals surface area (Å²) >= 11 is 0. The van der Waals surface area contributed by atoms with Crippen molar-refractivity contribution in [3.8, 4) is 0 Å². The Morgan fingerprint density at radius 2 is 0.873 bits per heavy atom. The molecule has 0 saturated heterocycles. The molecule has 0 saturated carbocycles. The summed E-state index contributed by atoms with van der Waals surface area (Å²) in [5.74, 6) is -1.90. The van der Waals surface area contributed by atoms with Crippen LogP contribution in [0.4, 0.5) is 0 Å². The van der Waals surface area contributed by atoms with Gasteiger partial charge in [0.15, 0.2) is 0 Å². The Morgan fingerprint density at radius 1 is 0.508 bits per heavy atom. The summed E-state index contributed by atoms with van der Waals surface area (Å²) in [4.78, 5) is 33.6. The number of carboxylic acid groups (broad SMARTS) is 1. The first-order chi connectivity index (χ1) is 30.7. The topological polar surface area (TPSA) is 155 Å². The van der Waals surface area contributed by atoms with Crippen molar-refractivity contribution >= 4 is 19.8 Å². The number of ether oxygens (including phenoxy) is 2. The first kappa shape index (κ1) is 58.9. The van der Waals surface area contributed by atoms with Crippen molar-refractivity contribution in [1.82, 2.24) is 0 Å². The fraction of sp³-hybridized carbons (Fsp3) is 0.500. The van der Waals surface area contributed by atoms with Crippen LogP contribution in [0.3, 0.4) is 0 Å². The van der Waals surface area contributed by atoms with Crippen molar-refractivity contribution in [3.63, 3.8) is 0 Å². The molecule has 4 N–H and O–H groups in total. The van der Waals surface area contributed by atoms with Crippen LogP contribution in [-0.4, -0.2) is 60.5 Å². The summed E-state index contributed by atoms with van der Waals surface area (Å²) in [6.07, 6.45) is 66.3. The number of phosphoric acid groups is 1. The molecule has 0 aliphatic rings. The average Bonchev–Trinajstić information content (AvgIpc) is 3.26. The van der Waals surface area contributed by atoms with E-state index in [1.165, 1.54) is 0 Å². The Morgan fingerprint density at radius 3 is 1.27 bits per heavy atom. The van der Waals surface area contributed by atoms with Crippen LogP contribution in [0.2, 0.25) is 0 Å². The molecule has 11 heteroatoms. The van der Waals surface area contributed by atoms with Crippen LogP contribution in [0.15, 0.2) is 146 Å². The van der Waals surface area contributed by atoms with E-state index >= 15 is 0 Å². The molecule has 10 nitrogen and oxygen atoms in total. The highest BCUT2D eigenvalue weighted by Crippen LogP contribution is 2.43. The van der Waals surface area contributed by atoms with Gasteiger partial charge in [0.25, 0.3) is 0 Å². The third-order valence-corrected chi connectivity index (χ3v) is 9.58. The lowest BCUT2D eigenvalue weighted by molar-refractivity contribution is -0.154. The van der Waals surface area contributed by atoms with E-state index in [-0.39, 0.29) is 13.0 Å². The molecule has 0 rings (SSSR count). The maximum Gasteiger partial charge on any atom is 0.472 e. The molecule has 3 unspecified atom stereocenters.